The lowest BCUT2D eigenvalue weighted by Crippen LogP contribution is -2.14. The third kappa shape index (κ3) is 3.87. The van der Waals surface area contributed by atoms with Gasteiger partial charge in [-0.1, -0.05) is 12.1 Å². The van der Waals surface area contributed by atoms with Gasteiger partial charge >= 0.3 is 6.09 Å². The molecular formula is C17H15N3O2S. The van der Waals surface area contributed by atoms with Crippen molar-refractivity contribution in [2.75, 3.05) is 11.1 Å². The Kier molecular flexibility index (Phi) is 4.54. The van der Waals surface area contributed by atoms with Gasteiger partial charge < -0.3 is 10.5 Å². The normalized spacial score (nSPS) is 10.3. The quantitative estimate of drug-likeness (QED) is 0.707. The van der Waals surface area contributed by atoms with Crippen LogP contribution in [0.4, 0.5) is 16.2 Å². The summed E-state index contributed by atoms with van der Waals surface area (Å²) in [6.45, 7) is 0.179. The molecule has 116 valence electrons. The van der Waals surface area contributed by atoms with E-state index in [1.54, 1.807) is 41.9 Å². The standard InChI is InChI=1S/C17H15N3O2S/c18-14-4-3-13(16-2-1-9-23-16)10-15(14)20-17(21)22-11-12-5-7-19-8-6-12/h1-10H,11,18H2,(H,20,21). The Bertz CT molecular complexity index is 789. The molecule has 0 saturated carbocycles. The molecule has 0 bridgehead atoms. The molecule has 2 heterocycles. The van der Waals surface area contributed by atoms with Crippen LogP contribution in [0, 0.1) is 0 Å². The van der Waals surface area contributed by atoms with E-state index in [0.717, 1.165) is 16.0 Å². The minimum Gasteiger partial charge on any atom is -0.444 e. The number of thiophene rings is 1. The number of amides is 1. The Morgan fingerprint density at radius 3 is 2.78 bits per heavy atom. The molecule has 0 aliphatic heterocycles. The lowest BCUT2D eigenvalue weighted by atomic mass is 10.1. The molecule has 3 N–H and O–H groups in total. The van der Waals surface area contributed by atoms with Crippen LogP contribution in [0.15, 0.2) is 60.2 Å². The molecule has 3 rings (SSSR count). The number of nitrogen functional groups attached to an aromatic ring is 1. The molecule has 0 fully saturated rings. The Morgan fingerprint density at radius 2 is 2.04 bits per heavy atom. The predicted molar refractivity (Wildman–Crippen MR) is 92.2 cm³/mol. The van der Waals surface area contributed by atoms with Gasteiger partial charge in [0.15, 0.2) is 0 Å². The molecule has 1 aromatic carbocycles. The first-order valence-corrected chi connectivity index (χ1v) is 7.86. The van der Waals surface area contributed by atoms with Crippen LogP contribution in [0.5, 0.6) is 0 Å². The summed E-state index contributed by atoms with van der Waals surface area (Å²) in [4.78, 5) is 17.0. The Balaban J connectivity index is 1.67. The van der Waals surface area contributed by atoms with E-state index in [1.165, 1.54) is 0 Å². The van der Waals surface area contributed by atoms with Gasteiger partial charge in [-0.05, 0) is 46.8 Å². The van der Waals surface area contributed by atoms with Crippen molar-refractivity contribution >= 4 is 28.8 Å². The molecule has 0 radical (unpaired) electrons. The second-order valence-corrected chi connectivity index (χ2v) is 5.78. The van der Waals surface area contributed by atoms with E-state index in [2.05, 4.69) is 10.3 Å². The van der Waals surface area contributed by atoms with Crippen LogP contribution in [-0.2, 0) is 11.3 Å². The fourth-order valence-corrected chi connectivity index (χ4v) is 2.76. The molecule has 0 unspecified atom stereocenters. The van der Waals surface area contributed by atoms with E-state index in [9.17, 15) is 4.79 Å². The summed E-state index contributed by atoms with van der Waals surface area (Å²) in [5.41, 5.74) is 8.82. The minimum absolute atomic E-state index is 0.179. The number of nitrogens with two attached hydrogens (primary N) is 1. The van der Waals surface area contributed by atoms with Gasteiger partial charge in [0.05, 0.1) is 11.4 Å². The molecule has 1 amide bonds. The minimum atomic E-state index is -0.545. The topological polar surface area (TPSA) is 77.2 Å². The van der Waals surface area contributed by atoms with Crippen molar-refractivity contribution in [3.63, 3.8) is 0 Å². The first-order valence-electron chi connectivity index (χ1n) is 6.98. The molecule has 3 aromatic rings. The zero-order valence-corrected chi connectivity index (χ0v) is 13.0. The Labute approximate surface area is 137 Å². The number of aromatic nitrogens is 1. The highest BCUT2D eigenvalue weighted by atomic mass is 32.1. The van der Waals surface area contributed by atoms with Crippen molar-refractivity contribution in [1.82, 2.24) is 4.98 Å². The van der Waals surface area contributed by atoms with Gasteiger partial charge in [0, 0.05) is 17.3 Å². The van der Waals surface area contributed by atoms with Crippen molar-refractivity contribution in [2.24, 2.45) is 0 Å². The summed E-state index contributed by atoms with van der Waals surface area (Å²) < 4.78 is 5.19. The number of rotatable bonds is 4. The number of anilines is 2. The highest BCUT2D eigenvalue weighted by Crippen LogP contribution is 2.30. The highest BCUT2D eigenvalue weighted by Gasteiger charge is 2.09. The molecule has 2 aromatic heterocycles. The zero-order chi connectivity index (χ0) is 16.1. The van der Waals surface area contributed by atoms with Crippen LogP contribution in [0.3, 0.4) is 0 Å². The van der Waals surface area contributed by atoms with Crippen LogP contribution < -0.4 is 11.1 Å². The van der Waals surface area contributed by atoms with Gasteiger partial charge in [-0.2, -0.15) is 0 Å². The van der Waals surface area contributed by atoms with Crippen molar-refractivity contribution in [3.8, 4) is 10.4 Å². The summed E-state index contributed by atoms with van der Waals surface area (Å²) in [6.07, 6.45) is 2.76. The molecule has 0 aliphatic carbocycles. The summed E-state index contributed by atoms with van der Waals surface area (Å²) >= 11 is 1.63. The molecule has 0 saturated heterocycles. The number of pyridine rings is 1. The SMILES string of the molecule is Nc1ccc(-c2cccs2)cc1NC(=O)OCc1ccncc1. The average Bonchev–Trinajstić information content (AvgIpc) is 3.10. The van der Waals surface area contributed by atoms with Gasteiger partial charge in [-0.25, -0.2) is 4.79 Å². The van der Waals surface area contributed by atoms with Crippen LogP contribution in [-0.4, -0.2) is 11.1 Å². The number of carbonyl (C=O) groups is 1. The smallest absolute Gasteiger partial charge is 0.412 e. The first-order chi connectivity index (χ1) is 11.2. The monoisotopic (exact) mass is 325 g/mol. The Hall–Kier alpha value is -2.86. The van der Waals surface area contributed by atoms with Gasteiger partial charge in [0.1, 0.15) is 6.61 Å². The molecular weight excluding hydrogens is 310 g/mol. The van der Waals surface area contributed by atoms with Crippen molar-refractivity contribution < 1.29 is 9.53 Å². The van der Waals surface area contributed by atoms with E-state index in [4.69, 9.17) is 10.5 Å². The van der Waals surface area contributed by atoms with Gasteiger partial charge in [-0.3, -0.25) is 10.3 Å². The summed E-state index contributed by atoms with van der Waals surface area (Å²) in [5.74, 6) is 0. The number of ether oxygens (including phenoxy) is 1. The maximum absolute atomic E-state index is 11.9. The fraction of sp³-hybridized carbons (Fsp3) is 0.0588. The Morgan fingerprint density at radius 1 is 1.22 bits per heavy atom. The number of hydrogen-bond donors (Lipinski definition) is 2. The third-order valence-electron chi connectivity index (χ3n) is 3.22. The van der Waals surface area contributed by atoms with Gasteiger partial charge in [0.25, 0.3) is 0 Å². The maximum atomic E-state index is 11.9. The van der Waals surface area contributed by atoms with Crippen LogP contribution in [0.2, 0.25) is 0 Å². The third-order valence-corrected chi connectivity index (χ3v) is 4.13. The summed E-state index contributed by atoms with van der Waals surface area (Å²) in [5, 5.41) is 4.69. The summed E-state index contributed by atoms with van der Waals surface area (Å²) in [7, 11) is 0. The van der Waals surface area contributed by atoms with E-state index in [0.29, 0.717) is 11.4 Å². The van der Waals surface area contributed by atoms with E-state index >= 15 is 0 Å². The van der Waals surface area contributed by atoms with E-state index in [1.807, 2.05) is 29.6 Å². The molecule has 0 spiro atoms. The number of nitrogens with zero attached hydrogens (tertiary/aromatic N) is 1. The second-order valence-electron chi connectivity index (χ2n) is 4.84. The number of carbonyl (C=O) groups excluding carboxylic acids is 1. The number of nitrogens with one attached hydrogen (secondary N) is 1. The van der Waals surface area contributed by atoms with Crippen molar-refractivity contribution in [1.29, 1.82) is 0 Å². The van der Waals surface area contributed by atoms with Gasteiger partial charge in [0.2, 0.25) is 0 Å². The van der Waals surface area contributed by atoms with E-state index in [-0.39, 0.29) is 6.61 Å². The van der Waals surface area contributed by atoms with Crippen molar-refractivity contribution in [3.05, 3.63) is 65.8 Å². The van der Waals surface area contributed by atoms with Crippen LogP contribution >= 0.6 is 11.3 Å². The average molecular weight is 325 g/mol. The number of hydrogen-bond acceptors (Lipinski definition) is 5. The summed E-state index contributed by atoms with van der Waals surface area (Å²) in [6, 6.07) is 13.1. The van der Waals surface area contributed by atoms with Crippen LogP contribution in [0.25, 0.3) is 10.4 Å². The zero-order valence-electron chi connectivity index (χ0n) is 12.2. The maximum Gasteiger partial charge on any atom is 0.412 e. The molecule has 5 nitrogen and oxygen atoms in total. The molecule has 0 aliphatic rings. The van der Waals surface area contributed by atoms with Gasteiger partial charge in [-0.15, -0.1) is 11.3 Å². The van der Waals surface area contributed by atoms with E-state index < -0.39 is 6.09 Å². The first kappa shape index (κ1) is 15.1. The highest BCUT2D eigenvalue weighted by molar-refractivity contribution is 7.13. The second kappa shape index (κ2) is 6.93. The molecule has 0 atom stereocenters. The largest absolute Gasteiger partial charge is 0.444 e. The predicted octanol–water partition coefficient (Wildman–Crippen LogP) is 4.14. The molecule has 6 heteroatoms. The number of benzene rings is 1. The van der Waals surface area contributed by atoms with Crippen LogP contribution in [0.1, 0.15) is 5.56 Å². The molecule has 23 heavy (non-hydrogen) atoms. The van der Waals surface area contributed by atoms with Crippen molar-refractivity contribution in [2.45, 2.75) is 6.61 Å². The lowest BCUT2D eigenvalue weighted by molar-refractivity contribution is 0.155. The fourth-order valence-electron chi connectivity index (χ4n) is 2.03. The lowest BCUT2D eigenvalue weighted by Gasteiger charge is -2.10.